The number of aromatic nitrogens is 2. The SMILES string of the molecule is Cn1cnc2ccc(Nc3c(F)ccc(NS(=O)(=O)N4CCCC4)c3Cl)c(C#N)c2c1=O.O=C(O)C(F)(F)F. The van der Waals surface area contributed by atoms with Crippen LogP contribution in [0.1, 0.15) is 18.4 Å². The first-order valence-corrected chi connectivity index (χ1v) is 12.7. The number of rotatable bonds is 5. The van der Waals surface area contributed by atoms with Gasteiger partial charge in [0.05, 0.1) is 44.9 Å². The van der Waals surface area contributed by atoms with Gasteiger partial charge in [0.1, 0.15) is 11.9 Å². The van der Waals surface area contributed by atoms with E-state index in [1.807, 2.05) is 6.07 Å². The zero-order valence-corrected chi connectivity index (χ0v) is 21.5. The van der Waals surface area contributed by atoms with Crippen molar-refractivity contribution in [2.45, 2.75) is 19.0 Å². The third kappa shape index (κ3) is 6.56. The summed E-state index contributed by atoms with van der Waals surface area (Å²) in [7, 11) is -2.34. The number of alkyl halides is 3. The van der Waals surface area contributed by atoms with Gasteiger partial charge in [-0.25, -0.2) is 14.2 Å². The molecule has 0 amide bonds. The number of aliphatic carboxylic acids is 1. The van der Waals surface area contributed by atoms with E-state index in [1.54, 1.807) is 0 Å². The highest BCUT2D eigenvalue weighted by molar-refractivity contribution is 7.90. The van der Waals surface area contributed by atoms with Crippen molar-refractivity contribution in [3.63, 3.8) is 0 Å². The summed E-state index contributed by atoms with van der Waals surface area (Å²) in [5, 5.41) is 19.4. The van der Waals surface area contributed by atoms with Crippen LogP contribution in [0.3, 0.4) is 0 Å². The lowest BCUT2D eigenvalue weighted by molar-refractivity contribution is -0.192. The quantitative estimate of drug-likeness (QED) is 0.379. The summed E-state index contributed by atoms with van der Waals surface area (Å²) in [5.74, 6) is -3.52. The van der Waals surface area contributed by atoms with E-state index in [2.05, 4.69) is 15.0 Å². The maximum absolute atomic E-state index is 14.6. The number of carbonyl (C=O) groups is 1. The van der Waals surface area contributed by atoms with E-state index >= 15 is 0 Å². The standard InChI is InChI=1S/C20H18ClFN6O3S.C2HF3O2/c1-27-11-24-15-7-6-14(12(10-23)17(15)20(27)29)25-19-13(22)4-5-16(18(19)21)26-32(30,31)28-8-2-3-9-28;3-2(4,5)1(6)7/h4-7,11,25-26H,2-3,8-9H2,1H3;(H,6,7). The average molecular weight is 591 g/mol. The zero-order valence-electron chi connectivity index (χ0n) is 19.9. The molecule has 11 nitrogen and oxygen atoms in total. The Balaban J connectivity index is 0.000000532. The number of carboxylic acids is 1. The van der Waals surface area contributed by atoms with Crippen molar-refractivity contribution in [1.82, 2.24) is 13.9 Å². The molecule has 208 valence electrons. The molecule has 0 radical (unpaired) electrons. The molecule has 0 unspecified atom stereocenters. The van der Waals surface area contributed by atoms with Gasteiger partial charge in [-0.3, -0.25) is 9.52 Å². The predicted molar refractivity (Wildman–Crippen MR) is 133 cm³/mol. The number of fused-ring (bicyclic) bond motifs is 1. The van der Waals surface area contributed by atoms with Crippen LogP contribution in [-0.2, 0) is 22.1 Å². The Morgan fingerprint density at radius 3 is 2.33 bits per heavy atom. The lowest BCUT2D eigenvalue weighted by Crippen LogP contribution is -2.33. The summed E-state index contributed by atoms with van der Waals surface area (Å²) in [6.07, 6.45) is -2.22. The van der Waals surface area contributed by atoms with Gasteiger partial charge in [0.25, 0.3) is 5.56 Å². The van der Waals surface area contributed by atoms with Crippen LogP contribution in [0.2, 0.25) is 5.02 Å². The van der Waals surface area contributed by atoms with E-state index in [4.69, 9.17) is 21.5 Å². The van der Waals surface area contributed by atoms with Gasteiger partial charge in [-0.2, -0.15) is 31.2 Å². The molecule has 17 heteroatoms. The molecular weight excluding hydrogens is 572 g/mol. The fourth-order valence-electron chi connectivity index (χ4n) is 3.53. The van der Waals surface area contributed by atoms with Crippen LogP contribution in [0.25, 0.3) is 10.9 Å². The van der Waals surface area contributed by atoms with E-state index in [9.17, 15) is 36.0 Å². The van der Waals surface area contributed by atoms with Crippen LogP contribution < -0.4 is 15.6 Å². The predicted octanol–water partition coefficient (Wildman–Crippen LogP) is 3.73. The van der Waals surface area contributed by atoms with Gasteiger partial charge in [-0.05, 0) is 37.1 Å². The van der Waals surface area contributed by atoms with Gasteiger partial charge in [0.2, 0.25) is 0 Å². The molecule has 3 aromatic rings. The summed E-state index contributed by atoms with van der Waals surface area (Å²) in [5.41, 5.74) is -0.271. The van der Waals surface area contributed by atoms with Crippen LogP contribution in [0.4, 0.5) is 34.6 Å². The maximum Gasteiger partial charge on any atom is 0.490 e. The molecule has 0 spiro atoms. The Bertz CT molecular complexity index is 1630. The van der Waals surface area contributed by atoms with Gasteiger partial charge in [0.15, 0.2) is 0 Å². The number of hydrogen-bond acceptors (Lipinski definition) is 7. The van der Waals surface area contributed by atoms with Crippen molar-refractivity contribution in [2.24, 2.45) is 7.05 Å². The highest BCUT2D eigenvalue weighted by Gasteiger charge is 2.38. The van der Waals surface area contributed by atoms with Gasteiger partial charge >= 0.3 is 22.4 Å². The molecule has 39 heavy (non-hydrogen) atoms. The zero-order chi connectivity index (χ0) is 29.1. The molecule has 3 N–H and O–H groups in total. The van der Waals surface area contributed by atoms with E-state index < -0.39 is 33.7 Å². The largest absolute Gasteiger partial charge is 0.490 e. The number of carboxylic acid groups (broad SMARTS) is 1. The average Bonchev–Trinajstić information content (AvgIpc) is 3.42. The van der Waals surface area contributed by atoms with Crippen LogP contribution in [0.5, 0.6) is 0 Å². The molecule has 2 heterocycles. The number of nitrogens with one attached hydrogen (secondary N) is 2. The second-order valence-corrected chi connectivity index (χ2v) is 10.1. The van der Waals surface area contributed by atoms with E-state index in [0.29, 0.717) is 18.6 Å². The number of aryl methyl sites for hydroxylation is 1. The molecular formula is C22H19ClF4N6O5S. The number of halogens is 5. The highest BCUT2D eigenvalue weighted by Crippen LogP contribution is 2.37. The van der Waals surface area contributed by atoms with E-state index in [0.717, 1.165) is 18.9 Å². The molecule has 1 aromatic heterocycles. The fraction of sp³-hybridized carbons (Fsp3) is 0.273. The number of benzene rings is 2. The van der Waals surface area contributed by atoms with Crippen molar-refractivity contribution in [3.8, 4) is 6.07 Å². The van der Waals surface area contributed by atoms with Gasteiger partial charge in [-0.15, -0.1) is 0 Å². The minimum atomic E-state index is -5.08. The lowest BCUT2D eigenvalue weighted by atomic mass is 10.1. The first-order valence-electron chi connectivity index (χ1n) is 10.9. The summed E-state index contributed by atoms with van der Waals surface area (Å²) in [6.45, 7) is 0.787. The first-order chi connectivity index (χ1) is 18.2. The molecule has 0 saturated carbocycles. The Hall–Kier alpha value is -3.94. The third-order valence-corrected chi connectivity index (χ3v) is 7.35. The summed E-state index contributed by atoms with van der Waals surface area (Å²) in [4.78, 5) is 25.6. The number of anilines is 3. The summed E-state index contributed by atoms with van der Waals surface area (Å²) in [6, 6.07) is 7.24. The van der Waals surface area contributed by atoms with Crippen molar-refractivity contribution < 1.29 is 35.9 Å². The topological polar surface area (TPSA) is 157 Å². The van der Waals surface area contributed by atoms with Crippen molar-refractivity contribution in [2.75, 3.05) is 23.1 Å². The summed E-state index contributed by atoms with van der Waals surface area (Å²) < 4.78 is 76.5. The number of nitriles is 1. The van der Waals surface area contributed by atoms with Crippen LogP contribution in [0.15, 0.2) is 35.4 Å². The Kier molecular flexibility index (Phi) is 8.68. The molecule has 1 aliphatic rings. The lowest BCUT2D eigenvalue weighted by Gasteiger charge is -2.19. The smallest absolute Gasteiger partial charge is 0.475 e. The number of hydrogen-bond donors (Lipinski definition) is 3. The van der Waals surface area contributed by atoms with Crippen molar-refractivity contribution in [3.05, 3.63) is 57.3 Å². The molecule has 0 atom stereocenters. The second kappa shape index (κ2) is 11.4. The number of nitrogens with zero attached hydrogens (tertiary/aromatic N) is 4. The Labute approximate surface area is 223 Å². The monoisotopic (exact) mass is 590 g/mol. The van der Waals surface area contributed by atoms with Gasteiger partial charge < -0.3 is 15.0 Å². The highest BCUT2D eigenvalue weighted by atomic mass is 35.5. The third-order valence-electron chi connectivity index (χ3n) is 5.44. The van der Waals surface area contributed by atoms with Crippen molar-refractivity contribution >= 4 is 55.7 Å². The molecule has 1 saturated heterocycles. The molecule has 4 rings (SSSR count). The minimum Gasteiger partial charge on any atom is -0.475 e. The normalized spacial score (nSPS) is 13.9. The molecule has 2 aromatic carbocycles. The van der Waals surface area contributed by atoms with Gasteiger partial charge in [-0.1, -0.05) is 11.6 Å². The van der Waals surface area contributed by atoms with Crippen molar-refractivity contribution in [1.29, 1.82) is 5.26 Å². The molecule has 1 fully saturated rings. The first kappa shape index (κ1) is 29.6. The maximum atomic E-state index is 14.6. The van der Waals surface area contributed by atoms with Gasteiger partial charge in [0, 0.05) is 20.1 Å². The fourth-order valence-corrected chi connectivity index (χ4v) is 5.15. The minimum absolute atomic E-state index is 0.0145. The summed E-state index contributed by atoms with van der Waals surface area (Å²) >= 11 is 6.34. The van der Waals surface area contributed by atoms with E-state index in [-0.39, 0.29) is 33.0 Å². The Morgan fingerprint density at radius 2 is 1.77 bits per heavy atom. The van der Waals surface area contributed by atoms with Crippen LogP contribution in [0, 0.1) is 17.1 Å². The van der Waals surface area contributed by atoms with E-state index in [1.165, 1.54) is 40.4 Å². The van der Waals surface area contributed by atoms with Crippen LogP contribution in [-0.4, -0.2) is 52.6 Å². The Morgan fingerprint density at radius 1 is 1.18 bits per heavy atom. The van der Waals surface area contributed by atoms with Crippen LogP contribution >= 0.6 is 11.6 Å². The molecule has 0 aliphatic carbocycles. The molecule has 0 bridgehead atoms. The second-order valence-electron chi connectivity index (χ2n) is 8.08. The molecule has 1 aliphatic heterocycles.